The van der Waals surface area contributed by atoms with Crippen LogP contribution in [0, 0.1) is 6.92 Å². The van der Waals surface area contributed by atoms with E-state index in [9.17, 15) is 0 Å². The minimum Gasteiger partial charge on any atom is -0.369 e. The number of benzene rings is 1. The van der Waals surface area contributed by atoms with Gasteiger partial charge in [-0.05, 0) is 23.5 Å². The van der Waals surface area contributed by atoms with Crippen LogP contribution in [-0.4, -0.2) is 9.97 Å². The molecule has 1 aromatic heterocycles. The molecule has 0 aliphatic carbocycles. The molecule has 0 unspecified atom stereocenters. The minimum absolute atomic E-state index is 0.200. The fourth-order valence-electron chi connectivity index (χ4n) is 2.01. The fourth-order valence-corrected chi connectivity index (χ4v) is 2.01. The monoisotopic (exact) mass is 243 g/mol. The average molecular weight is 243 g/mol. The lowest BCUT2D eigenvalue weighted by Gasteiger charge is -2.19. The van der Waals surface area contributed by atoms with Gasteiger partial charge in [-0.15, -0.1) is 0 Å². The van der Waals surface area contributed by atoms with E-state index in [-0.39, 0.29) is 5.41 Å². The van der Waals surface area contributed by atoms with Gasteiger partial charge in [0.2, 0.25) is 0 Å². The number of H-pyrrole nitrogens is 1. The molecule has 3 nitrogen and oxygen atoms in total. The Balaban J connectivity index is 2.18. The lowest BCUT2D eigenvalue weighted by atomic mass is 9.86. The quantitative estimate of drug-likeness (QED) is 0.851. The number of hydrogen-bond acceptors (Lipinski definition) is 2. The largest absolute Gasteiger partial charge is 0.369 e. The lowest BCUT2D eigenvalue weighted by molar-refractivity contribution is 0.590. The van der Waals surface area contributed by atoms with Crippen LogP contribution in [0.5, 0.6) is 0 Å². The van der Waals surface area contributed by atoms with Gasteiger partial charge in [-0.2, -0.15) is 0 Å². The highest BCUT2D eigenvalue weighted by atomic mass is 15.0. The third-order valence-corrected chi connectivity index (χ3v) is 3.20. The van der Waals surface area contributed by atoms with E-state index in [1.807, 2.05) is 6.92 Å². The first-order valence-corrected chi connectivity index (χ1v) is 6.26. The smallest absolute Gasteiger partial charge is 0.197 e. The summed E-state index contributed by atoms with van der Waals surface area (Å²) in [7, 11) is 0. The Morgan fingerprint density at radius 2 is 1.78 bits per heavy atom. The van der Waals surface area contributed by atoms with E-state index in [1.54, 1.807) is 0 Å². The number of rotatable bonds is 2. The van der Waals surface area contributed by atoms with Crippen LogP contribution in [0.15, 0.2) is 24.3 Å². The molecule has 3 N–H and O–H groups in total. The summed E-state index contributed by atoms with van der Waals surface area (Å²) in [6.07, 6.45) is 0.823. The van der Waals surface area contributed by atoms with E-state index in [2.05, 4.69) is 55.0 Å². The Morgan fingerprint density at radius 3 is 2.22 bits per heavy atom. The van der Waals surface area contributed by atoms with Gasteiger partial charge in [-0.25, -0.2) is 4.98 Å². The first-order valence-electron chi connectivity index (χ1n) is 6.26. The van der Waals surface area contributed by atoms with Gasteiger partial charge in [-0.3, -0.25) is 0 Å². The summed E-state index contributed by atoms with van der Waals surface area (Å²) in [4.78, 5) is 7.33. The van der Waals surface area contributed by atoms with Crippen LogP contribution in [-0.2, 0) is 11.8 Å². The average Bonchev–Trinajstić information content (AvgIpc) is 2.57. The van der Waals surface area contributed by atoms with E-state index in [1.165, 1.54) is 11.1 Å². The number of nitrogens with two attached hydrogens (primary N) is 1. The van der Waals surface area contributed by atoms with Crippen LogP contribution in [0.4, 0.5) is 5.95 Å². The minimum atomic E-state index is 0.200. The van der Waals surface area contributed by atoms with E-state index in [0.717, 1.165) is 17.8 Å². The molecule has 0 spiro atoms. The van der Waals surface area contributed by atoms with E-state index in [4.69, 9.17) is 5.73 Å². The summed E-state index contributed by atoms with van der Waals surface area (Å²) in [5, 5.41) is 0. The molecule has 2 aromatic rings. The second-order valence-electron chi connectivity index (χ2n) is 5.82. The number of aromatic nitrogens is 2. The van der Waals surface area contributed by atoms with Crippen molar-refractivity contribution in [2.45, 2.75) is 39.5 Å². The molecular weight excluding hydrogens is 222 g/mol. The first kappa shape index (κ1) is 12.7. The van der Waals surface area contributed by atoms with Gasteiger partial charge in [0.25, 0.3) is 0 Å². The Morgan fingerprint density at radius 1 is 1.17 bits per heavy atom. The molecule has 1 aromatic carbocycles. The van der Waals surface area contributed by atoms with Gasteiger partial charge in [0.05, 0.1) is 5.69 Å². The van der Waals surface area contributed by atoms with Crippen molar-refractivity contribution in [1.29, 1.82) is 0 Å². The molecule has 0 saturated carbocycles. The van der Waals surface area contributed by atoms with Gasteiger partial charge in [-0.1, -0.05) is 45.0 Å². The standard InChI is InChI=1S/C15H21N3/c1-10-13(18-14(16)17-10)9-11-5-7-12(8-6-11)15(2,3)4/h5-8H,9H2,1-4H3,(H3,16,17,18). The van der Waals surface area contributed by atoms with E-state index < -0.39 is 0 Å². The van der Waals surface area contributed by atoms with Crippen molar-refractivity contribution >= 4 is 5.95 Å². The first-order chi connectivity index (χ1) is 8.36. The second kappa shape index (κ2) is 4.48. The van der Waals surface area contributed by atoms with Crippen LogP contribution in [0.2, 0.25) is 0 Å². The summed E-state index contributed by atoms with van der Waals surface area (Å²) in [6, 6.07) is 8.73. The van der Waals surface area contributed by atoms with Gasteiger partial charge in [0.15, 0.2) is 5.95 Å². The number of nitrogens with one attached hydrogen (secondary N) is 1. The maximum Gasteiger partial charge on any atom is 0.197 e. The molecule has 0 fully saturated rings. The maximum absolute atomic E-state index is 5.65. The molecule has 3 heteroatoms. The van der Waals surface area contributed by atoms with Gasteiger partial charge in [0, 0.05) is 12.1 Å². The number of aromatic amines is 1. The topological polar surface area (TPSA) is 54.7 Å². The van der Waals surface area contributed by atoms with Crippen molar-refractivity contribution in [1.82, 2.24) is 9.97 Å². The summed E-state index contributed by atoms with van der Waals surface area (Å²) < 4.78 is 0. The zero-order valence-electron chi connectivity index (χ0n) is 11.5. The van der Waals surface area contributed by atoms with Crippen LogP contribution in [0.3, 0.4) is 0 Å². The Kier molecular flexibility index (Phi) is 3.16. The third kappa shape index (κ3) is 2.73. The van der Waals surface area contributed by atoms with Crippen LogP contribution < -0.4 is 5.73 Å². The summed E-state index contributed by atoms with van der Waals surface area (Å²) >= 11 is 0. The number of imidazole rings is 1. The normalized spacial score (nSPS) is 11.8. The summed E-state index contributed by atoms with van der Waals surface area (Å²) in [5.41, 5.74) is 10.5. The molecule has 2 rings (SSSR count). The predicted octanol–water partition coefficient (Wildman–Crippen LogP) is 3.19. The molecule has 0 radical (unpaired) electrons. The Labute approximate surface area is 108 Å². The zero-order valence-corrected chi connectivity index (χ0v) is 11.5. The van der Waals surface area contributed by atoms with Crippen molar-refractivity contribution in [2.24, 2.45) is 0 Å². The number of nitrogens with zero attached hydrogens (tertiary/aromatic N) is 1. The van der Waals surface area contributed by atoms with Crippen molar-refractivity contribution in [3.8, 4) is 0 Å². The van der Waals surface area contributed by atoms with Gasteiger partial charge >= 0.3 is 0 Å². The third-order valence-electron chi connectivity index (χ3n) is 3.20. The number of nitrogen functional groups attached to an aromatic ring is 1. The van der Waals surface area contributed by atoms with Crippen molar-refractivity contribution in [2.75, 3.05) is 5.73 Å². The van der Waals surface area contributed by atoms with Gasteiger partial charge in [0.1, 0.15) is 0 Å². The summed E-state index contributed by atoms with van der Waals surface area (Å²) in [5.74, 6) is 0.494. The van der Waals surface area contributed by atoms with Crippen LogP contribution in [0.25, 0.3) is 0 Å². The Bertz CT molecular complexity index is 530. The number of anilines is 1. The molecule has 0 bridgehead atoms. The highest BCUT2D eigenvalue weighted by Crippen LogP contribution is 2.23. The number of hydrogen-bond donors (Lipinski definition) is 2. The van der Waals surface area contributed by atoms with Crippen LogP contribution in [0.1, 0.15) is 43.3 Å². The van der Waals surface area contributed by atoms with Crippen molar-refractivity contribution in [3.05, 3.63) is 46.8 Å². The van der Waals surface area contributed by atoms with Crippen molar-refractivity contribution < 1.29 is 0 Å². The highest BCUT2D eigenvalue weighted by Gasteiger charge is 2.13. The molecule has 18 heavy (non-hydrogen) atoms. The molecule has 0 aliphatic heterocycles. The zero-order chi connectivity index (χ0) is 13.3. The number of aryl methyl sites for hydroxylation is 1. The fraction of sp³-hybridized carbons (Fsp3) is 0.400. The van der Waals surface area contributed by atoms with Crippen LogP contribution >= 0.6 is 0 Å². The maximum atomic E-state index is 5.65. The van der Waals surface area contributed by atoms with Crippen molar-refractivity contribution in [3.63, 3.8) is 0 Å². The molecule has 0 atom stereocenters. The molecule has 0 aliphatic rings. The second-order valence-corrected chi connectivity index (χ2v) is 5.82. The SMILES string of the molecule is Cc1[nH]c(N)nc1Cc1ccc(C(C)(C)C)cc1. The van der Waals surface area contributed by atoms with Gasteiger partial charge < -0.3 is 10.7 Å². The highest BCUT2D eigenvalue weighted by molar-refractivity contribution is 5.33. The molecule has 96 valence electrons. The molecule has 0 saturated heterocycles. The molecule has 0 amide bonds. The van der Waals surface area contributed by atoms with E-state index in [0.29, 0.717) is 5.95 Å². The van der Waals surface area contributed by atoms with E-state index >= 15 is 0 Å². The Hall–Kier alpha value is -1.77. The molecular formula is C15H21N3. The lowest BCUT2D eigenvalue weighted by Crippen LogP contribution is -2.10. The molecule has 1 heterocycles. The predicted molar refractivity (Wildman–Crippen MR) is 75.7 cm³/mol. The summed E-state index contributed by atoms with van der Waals surface area (Å²) in [6.45, 7) is 8.67.